The molecule has 0 aliphatic rings. The van der Waals surface area contributed by atoms with E-state index in [9.17, 15) is 0 Å². The normalized spacial score (nSPS) is 14.1. The zero-order valence-corrected chi connectivity index (χ0v) is 9.81. The minimum atomic E-state index is 0.0775. The van der Waals surface area contributed by atoms with Gasteiger partial charge in [0.2, 0.25) is 0 Å². The second-order valence-electron chi connectivity index (χ2n) is 4.93. The molecule has 1 rings (SSSR count). The van der Waals surface area contributed by atoms with Crippen LogP contribution in [-0.2, 0) is 0 Å². The molecule has 0 radical (unpaired) electrons. The quantitative estimate of drug-likeness (QED) is 0.792. The van der Waals surface area contributed by atoms with Crippen LogP contribution in [0.2, 0.25) is 5.02 Å². The Morgan fingerprint density at radius 1 is 1.36 bits per heavy atom. The standard InChI is InChI=1S/C12H18ClN/c1-12(2,3)8-11(14)9-5-4-6-10(13)7-9/h4-7,11H,8,14H2,1-3H3/t11-/m1/s1. The van der Waals surface area contributed by atoms with E-state index in [1.54, 1.807) is 0 Å². The topological polar surface area (TPSA) is 26.0 Å². The third-order valence-electron chi connectivity index (χ3n) is 2.11. The highest BCUT2D eigenvalue weighted by Gasteiger charge is 2.16. The van der Waals surface area contributed by atoms with Gasteiger partial charge in [0, 0.05) is 11.1 Å². The molecule has 0 spiro atoms. The van der Waals surface area contributed by atoms with Crippen LogP contribution in [0.4, 0.5) is 0 Å². The van der Waals surface area contributed by atoms with Gasteiger partial charge in [0.1, 0.15) is 0 Å². The first kappa shape index (κ1) is 11.5. The van der Waals surface area contributed by atoms with E-state index in [-0.39, 0.29) is 11.5 Å². The van der Waals surface area contributed by atoms with Crippen molar-refractivity contribution in [2.75, 3.05) is 0 Å². The molecule has 2 N–H and O–H groups in total. The van der Waals surface area contributed by atoms with Crippen LogP contribution in [-0.4, -0.2) is 0 Å². The summed E-state index contributed by atoms with van der Waals surface area (Å²) in [5.74, 6) is 0. The minimum Gasteiger partial charge on any atom is -0.324 e. The summed E-state index contributed by atoms with van der Waals surface area (Å²) in [6.07, 6.45) is 0.966. The molecule has 0 saturated carbocycles. The Morgan fingerprint density at radius 3 is 2.50 bits per heavy atom. The number of hydrogen-bond acceptors (Lipinski definition) is 1. The predicted octanol–water partition coefficient (Wildman–Crippen LogP) is 3.78. The highest BCUT2D eigenvalue weighted by Crippen LogP contribution is 2.28. The van der Waals surface area contributed by atoms with Crippen LogP contribution in [0.3, 0.4) is 0 Å². The van der Waals surface area contributed by atoms with Gasteiger partial charge in [-0.15, -0.1) is 0 Å². The number of hydrogen-bond donors (Lipinski definition) is 1. The highest BCUT2D eigenvalue weighted by molar-refractivity contribution is 6.30. The van der Waals surface area contributed by atoms with Crippen molar-refractivity contribution in [2.24, 2.45) is 11.1 Å². The van der Waals surface area contributed by atoms with E-state index in [1.807, 2.05) is 24.3 Å². The molecule has 0 heterocycles. The fraction of sp³-hybridized carbons (Fsp3) is 0.500. The molecular weight excluding hydrogens is 194 g/mol. The summed E-state index contributed by atoms with van der Waals surface area (Å²) in [6, 6.07) is 7.86. The molecule has 1 nitrogen and oxygen atoms in total. The van der Waals surface area contributed by atoms with E-state index in [0.29, 0.717) is 0 Å². The fourth-order valence-electron chi connectivity index (χ4n) is 1.51. The summed E-state index contributed by atoms with van der Waals surface area (Å²) in [6.45, 7) is 6.58. The van der Waals surface area contributed by atoms with E-state index in [4.69, 9.17) is 17.3 Å². The monoisotopic (exact) mass is 211 g/mol. The summed E-state index contributed by atoms with van der Waals surface area (Å²) < 4.78 is 0. The van der Waals surface area contributed by atoms with Crippen LogP contribution >= 0.6 is 11.6 Å². The maximum Gasteiger partial charge on any atom is 0.0409 e. The molecule has 0 amide bonds. The van der Waals surface area contributed by atoms with E-state index in [1.165, 1.54) is 0 Å². The van der Waals surface area contributed by atoms with Crippen LogP contribution in [0.15, 0.2) is 24.3 Å². The molecule has 1 aromatic carbocycles. The zero-order valence-electron chi connectivity index (χ0n) is 9.05. The predicted molar refractivity (Wildman–Crippen MR) is 62.5 cm³/mol. The van der Waals surface area contributed by atoms with Gasteiger partial charge in [-0.2, -0.15) is 0 Å². The molecular formula is C12H18ClN. The first-order valence-electron chi connectivity index (χ1n) is 4.89. The SMILES string of the molecule is CC(C)(C)C[C@@H](N)c1cccc(Cl)c1. The first-order valence-corrected chi connectivity index (χ1v) is 5.27. The Balaban J connectivity index is 2.74. The molecule has 0 aromatic heterocycles. The number of halogens is 1. The maximum atomic E-state index is 6.09. The number of benzene rings is 1. The van der Waals surface area contributed by atoms with Gasteiger partial charge < -0.3 is 5.73 Å². The summed E-state index contributed by atoms with van der Waals surface area (Å²) in [7, 11) is 0. The van der Waals surface area contributed by atoms with Crippen molar-refractivity contribution in [1.29, 1.82) is 0 Å². The molecule has 1 aromatic rings. The smallest absolute Gasteiger partial charge is 0.0409 e. The Bertz CT molecular complexity index is 301. The highest BCUT2D eigenvalue weighted by atomic mass is 35.5. The van der Waals surface area contributed by atoms with Crippen molar-refractivity contribution in [2.45, 2.75) is 33.2 Å². The summed E-state index contributed by atoms with van der Waals surface area (Å²) in [4.78, 5) is 0. The molecule has 78 valence electrons. The lowest BCUT2D eigenvalue weighted by Gasteiger charge is -2.23. The molecule has 2 heteroatoms. The van der Waals surface area contributed by atoms with Crippen molar-refractivity contribution >= 4 is 11.6 Å². The summed E-state index contributed by atoms with van der Waals surface area (Å²) in [5.41, 5.74) is 7.46. The van der Waals surface area contributed by atoms with Crippen molar-refractivity contribution < 1.29 is 0 Å². The lowest BCUT2D eigenvalue weighted by atomic mass is 9.86. The van der Waals surface area contributed by atoms with Crippen LogP contribution in [0.5, 0.6) is 0 Å². The third-order valence-corrected chi connectivity index (χ3v) is 2.34. The fourth-order valence-corrected chi connectivity index (χ4v) is 1.71. The molecule has 1 atom stereocenters. The van der Waals surface area contributed by atoms with E-state index in [0.717, 1.165) is 17.0 Å². The second-order valence-corrected chi connectivity index (χ2v) is 5.36. The molecule has 0 unspecified atom stereocenters. The van der Waals surface area contributed by atoms with E-state index < -0.39 is 0 Å². The van der Waals surface area contributed by atoms with Gasteiger partial charge in [-0.1, -0.05) is 44.5 Å². The Hall–Kier alpha value is -0.530. The molecule has 0 bridgehead atoms. The minimum absolute atomic E-state index is 0.0775. The van der Waals surface area contributed by atoms with Gasteiger partial charge >= 0.3 is 0 Å². The second kappa shape index (κ2) is 4.33. The van der Waals surface area contributed by atoms with Crippen LogP contribution in [0, 0.1) is 5.41 Å². The van der Waals surface area contributed by atoms with Gasteiger partial charge in [-0.3, -0.25) is 0 Å². The molecule has 0 fully saturated rings. The van der Waals surface area contributed by atoms with Gasteiger partial charge in [-0.25, -0.2) is 0 Å². The first-order chi connectivity index (χ1) is 6.38. The van der Waals surface area contributed by atoms with Crippen LogP contribution < -0.4 is 5.73 Å². The van der Waals surface area contributed by atoms with E-state index >= 15 is 0 Å². The lowest BCUT2D eigenvalue weighted by Crippen LogP contribution is -2.18. The lowest BCUT2D eigenvalue weighted by molar-refractivity contribution is 0.343. The Labute approximate surface area is 91.3 Å². The summed E-state index contributed by atoms with van der Waals surface area (Å²) >= 11 is 5.90. The van der Waals surface area contributed by atoms with Gasteiger partial charge in [0.05, 0.1) is 0 Å². The summed E-state index contributed by atoms with van der Waals surface area (Å²) in [5, 5.41) is 0.756. The number of nitrogens with two attached hydrogens (primary N) is 1. The van der Waals surface area contributed by atoms with Gasteiger partial charge in [0.25, 0.3) is 0 Å². The van der Waals surface area contributed by atoms with Gasteiger partial charge in [0.15, 0.2) is 0 Å². The number of rotatable bonds is 2. The van der Waals surface area contributed by atoms with Crippen LogP contribution in [0.1, 0.15) is 38.8 Å². The zero-order chi connectivity index (χ0) is 10.8. The maximum absolute atomic E-state index is 6.09. The Kier molecular flexibility index (Phi) is 3.57. The molecule has 0 aliphatic heterocycles. The third kappa shape index (κ3) is 3.69. The molecule has 14 heavy (non-hydrogen) atoms. The van der Waals surface area contributed by atoms with E-state index in [2.05, 4.69) is 20.8 Å². The average molecular weight is 212 g/mol. The largest absolute Gasteiger partial charge is 0.324 e. The van der Waals surface area contributed by atoms with Crippen molar-refractivity contribution in [3.8, 4) is 0 Å². The molecule has 0 aliphatic carbocycles. The Morgan fingerprint density at radius 2 is 2.00 bits per heavy atom. The average Bonchev–Trinajstić information content (AvgIpc) is 2.01. The van der Waals surface area contributed by atoms with Gasteiger partial charge in [-0.05, 0) is 29.5 Å². The molecule has 0 saturated heterocycles. The van der Waals surface area contributed by atoms with Crippen molar-refractivity contribution in [1.82, 2.24) is 0 Å². The van der Waals surface area contributed by atoms with Crippen LogP contribution in [0.25, 0.3) is 0 Å². The van der Waals surface area contributed by atoms with Crippen molar-refractivity contribution in [3.63, 3.8) is 0 Å². The van der Waals surface area contributed by atoms with Crippen molar-refractivity contribution in [3.05, 3.63) is 34.9 Å².